The molecular formula is C22H29FO3. The number of aryl methyl sites for hydroxylation is 1. The molecule has 142 valence electrons. The van der Waals surface area contributed by atoms with Gasteiger partial charge in [0.05, 0.1) is 12.7 Å². The van der Waals surface area contributed by atoms with Gasteiger partial charge in [-0.2, -0.15) is 0 Å². The third-order valence-corrected chi connectivity index (χ3v) is 5.46. The number of rotatable bonds is 7. The van der Waals surface area contributed by atoms with Gasteiger partial charge < -0.3 is 9.15 Å². The lowest BCUT2D eigenvalue weighted by molar-refractivity contribution is 0.00768. The molecular weight excluding hydrogens is 331 g/mol. The van der Waals surface area contributed by atoms with Gasteiger partial charge in [-0.05, 0) is 49.5 Å². The van der Waals surface area contributed by atoms with Gasteiger partial charge in [0.25, 0.3) is 0 Å². The Morgan fingerprint density at radius 1 is 1.19 bits per heavy atom. The molecule has 26 heavy (non-hydrogen) atoms. The zero-order valence-corrected chi connectivity index (χ0v) is 15.9. The molecule has 0 radical (unpaired) electrons. The molecule has 0 N–H and O–H groups in total. The Balaban J connectivity index is 1.74. The Morgan fingerprint density at radius 3 is 2.69 bits per heavy atom. The Morgan fingerprint density at radius 2 is 1.96 bits per heavy atom. The van der Waals surface area contributed by atoms with Crippen LogP contribution in [0.15, 0.2) is 27.4 Å². The van der Waals surface area contributed by atoms with E-state index in [1.807, 2.05) is 0 Å². The summed E-state index contributed by atoms with van der Waals surface area (Å²) in [5, 5.41) is 0.656. The van der Waals surface area contributed by atoms with Gasteiger partial charge >= 0.3 is 5.63 Å². The molecule has 0 spiro atoms. The lowest BCUT2D eigenvalue weighted by Gasteiger charge is -2.26. The van der Waals surface area contributed by atoms with Gasteiger partial charge in [-0.3, -0.25) is 0 Å². The highest BCUT2D eigenvalue weighted by Crippen LogP contribution is 2.27. The van der Waals surface area contributed by atoms with Crippen molar-refractivity contribution >= 4 is 10.8 Å². The molecule has 0 saturated heterocycles. The van der Waals surface area contributed by atoms with Crippen molar-refractivity contribution in [3.63, 3.8) is 0 Å². The molecule has 1 saturated carbocycles. The van der Waals surface area contributed by atoms with Crippen molar-refractivity contribution < 1.29 is 13.5 Å². The molecule has 0 atom stereocenters. The topological polar surface area (TPSA) is 39.4 Å². The van der Waals surface area contributed by atoms with E-state index in [0.29, 0.717) is 23.1 Å². The number of halogens is 1. The monoisotopic (exact) mass is 360 g/mol. The molecule has 1 heterocycles. The van der Waals surface area contributed by atoms with Crippen LogP contribution in [-0.2, 0) is 17.8 Å². The van der Waals surface area contributed by atoms with Crippen LogP contribution in [-0.4, -0.2) is 6.10 Å². The first-order valence-electron chi connectivity index (χ1n) is 9.94. The van der Waals surface area contributed by atoms with Gasteiger partial charge in [0.15, 0.2) is 0 Å². The van der Waals surface area contributed by atoms with Crippen LogP contribution < -0.4 is 5.63 Å². The first-order valence-corrected chi connectivity index (χ1v) is 9.94. The minimum absolute atomic E-state index is 0.0441. The van der Waals surface area contributed by atoms with Crippen molar-refractivity contribution in [3.8, 4) is 0 Å². The summed E-state index contributed by atoms with van der Waals surface area (Å²) in [6, 6.07) is 5.33. The molecule has 1 aromatic heterocycles. The van der Waals surface area contributed by atoms with Crippen LogP contribution in [0.2, 0.25) is 0 Å². The van der Waals surface area contributed by atoms with Crippen molar-refractivity contribution in [3.05, 3.63) is 45.8 Å². The summed E-state index contributed by atoms with van der Waals surface area (Å²) in [5.41, 5.74) is -0.151. The second kappa shape index (κ2) is 8.81. The maximum absolute atomic E-state index is 14.8. The largest absolute Gasteiger partial charge is 0.427 e. The summed E-state index contributed by atoms with van der Waals surface area (Å²) in [7, 11) is 0. The quantitative estimate of drug-likeness (QED) is 0.589. The van der Waals surface area contributed by atoms with Gasteiger partial charge in [-0.15, -0.1) is 0 Å². The van der Waals surface area contributed by atoms with E-state index in [1.54, 1.807) is 18.2 Å². The second-order valence-electron chi connectivity index (χ2n) is 7.65. The normalized spacial score (nSPS) is 20.6. The second-order valence-corrected chi connectivity index (χ2v) is 7.65. The van der Waals surface area contributed by atoms with Gasteiger partial charge in [0.1, 0.15) is 17.0 Å². The first-order chi connectivity index (χ1) is 12.6. The lowest BCUT2D eigenvalue weighted by Crippen LogP contribution is -2.20. The molecule has 0 aliphatic heterocycles. The number of ether oxygens (including phenoxy) is 1. The zero-order valence-electron chi connectivity index (χ0n) is 15.9. The first kappa shape index (κ1) is 19.1. The van der Waals surface area contributed by atoms with E-state index in [0.717, 1.165) is 50.9 Å². The summed E-state index contributed by atoms with van der Waals surface area (Å²) < 4.78 is 26.1. The zero-order chi connectivity index (χ0) is 18.5. The van der Waals surface area contributed by atoms with Crippen LogP contribution in [0.5, 0.6) is 0 Å². The van der Waals surface area contributed by atoms with E-state index in [4.69, 9.17) is 9.15 Å². The predicted octanol–water partition coefficient (Wildman–Crippen LogP) is 5.76. The molecule has 2 aromatic rings. The molecule has 3 rings (SSSR count). The highest BCUT2D eigenvalue weighted by molar-refractivity contribution is 5.82. The SMILES string of the molecule is CCCCCc1cc2ccc(COC3CCC(C)CC3)c(F)c2c(=O)o1. The van der Waals surface area contributed by atoms with Crippen LogP contribution in [0, 0.1) is 11.7 Å². The average Bonchev–Trinajstić information content (AvgIpc) is 2.62. The van der Waals surface area contributed by atoms with E-state index < -0.39 is 11.4 Å². The smallest absolute Gasteiger partial charge is 0.346 e. The summed E-state index contributed by atoms with van der Waals surface area (Å²) in [6.07, 6.45) is 8.45. The lowest BCUT2D eigenvalue weighted by atomic mass is 9.89. The standard InChI is InChI=1S/C22H29FO3/c1-3-4-5-6-19-13-16-9-10-17(21(23)20(16)22(24)26-19)14-25-18-11-7-15(2)8-12-18/h9-10,13,15,18H,3-8,11-12,14H2,1-2H3. The molecule has 4 heteroatoms. The van der Waals surface area contributed by atoms with E-state index in [2.05, 4.69) is 13.8 Å². The van der Waals surface area contributed by atoms with Gasteiger partial charge in [-0.1, -0.05) is 38.8 Å². The summed E-state index contributed by atoms with van der Waals surface area (Å²) >= 11 is 0. The Bertz CT molecular complexity index is 788. The molecule has 0 bridgehead atoms. The van der Waals surface area contributed by atoms with Crippen LogP contribution in [0.25, 0.3) is 10.8 Å². The molecule has 1 aliphatic rings. The van der Waals surface area contributed by atoms with Crippen molar-refractivity contribution in [2.24, 2.45) is 5.92 Å². The molecule has 0 amide bonds. The fraction of sp³-hybridized carbons (Fsp3) is 0.591. The van der Waals surface area contributed by atoms with Crippen LogP contribution in [0.4, 0.5) is 4.39 Å². The van der Waals surface area contributed by atoms with Crippen LogP contribution in [0.3, 0.4) is 0 Å². The molecule has 3 nitrogen and oxygen atoms in total. The summed E-state index contributed by atoms with van der Waals surface area (Å²) in [4.78, 5) is 12.3. The third-order valence-electron chi connectivity index (χ3n) is 5.46. The average molecular weight is 360 g/mol. The number of unbranched alkanes of at least 4 members (excludes halogenated alkanes) is 2. The van der Waals surface area contributed by atoms with Crippen molar-refractivity contribution in [1.29, 1.82) is 0 Å². The van der Waals surface area contributed by atoms with Crippen LogP contribution >= 0.6 is 0 Å². The fourth-order valence-corrected chi connectivity index (χ4v) is 3.72. The van der Waals surface area contributed by atoms with E-state index in [1.165, 1.54) is 0 Å². The Labute approximate surface area is 154 Å². The summed E-state index contributed by atoms with van der Waals surface area (Å²) in [6.45, 7) is 4.59. The number of hydrogen-bond donors (Lipinski definition) is 0. The number of fused-ring (bicyclic) bond motifs is 1. The minimum atomic E-state index is -0.583. The third kappa shape index (κ3) is 4.53. The van der Waals surface area contributed by atoms with E-state index in [9.17, 15) is 9.18 Å². The fourth-order valence-electron chi connectivity index (χ4n) is 3.72. The van der Waals surface area contributed by atoms with E-state index in [-0.39, 0.29) is 18.1 Å². The van der Waals surface area contributed by atoms with E-state index >= 15 is 0 Å². The van der Waals surface area contributed by atoms with Crippen molar-refractivity contribution in [2.75, 3.05) is 0 Å². The maximum atomic E-state index is 14.8. The number of hydrogen-bond acceptors (Lipinski definition) is 3. The van der Waals surface area contributed by atoms with Gasteiger partial charge in [-0.25, -0.2) is 9.18 Å². The molecule has 1 aliphatic carbocycles. The number of benzene rings is 1. The highest BCUT2D eigenvalue weighted by Gasteiger charge is 2.20. The molecule has 1 fully saturated rings. The van der Waals surface area contributed by atoms with Gasteiger partial charge in [0, 0.05) is 12.0 Å². The van der Waals surface area contributed by atoms with Crippen molar-refractivity contribution in [2.45, 2.75) is 77.9 Å². The highest BCUT2D eigenvalue weighted by atomic mass is 19.1. The molecule has 1 aromatic carbocycles. The van der Waals surface area contributed by atoms with Crippen LogP contribution in [0.1, 0.15) is 70.1 Å². The summed E-state index contributed by atoms with van der Waals surface area (Å²) in [5.74, 6) is 0.889. The maximum Gasteiger partial charge on any atom is 0.346 e. The van der Waals surface area contributed by atoms with Gasteiger partial charge in [0.2, 0.25) is 0 Å². The Hall–Kier alpha value is -1.68. The Kier molecular flexibility index (Phi) is 6.47. The molecule has 0 unspecified atom stereocenters. The minimum Gasteiger partial charge on any atom is -0.427 e. The predicted molar refractivity (Wildman–Crippen MR) is 102 cm³/mol. The van der Waals surface area contributed by atoms with Crippen molar-refractivity contribution in [1.82, 2.24) is 0 Å².